The molecule has 2 rings (SSSR count). The highest BCUT2D eigenvalue weighted by Crippen LogP contribution is 2.67. The molecule has 110 valence electrons. The monoisotopic (exact) mass is 269 g/mol. The number of amides is 1. The molecule has 2 bridgehead atoms. The summed E-state index contributed by atoms with van der Waals surface area (Å²) in [6.07, 6.45) is 1.74. The maximum absolute atomic E-state index is 12.1. The summed E-state index contributed by atoms with van der Waals surface area (Å²) in [6.45, 7) is 12.0. The molecule has 3 atom stereocenters. The lowest BCUT2D eigenvalue weighted by Crippen LogP contribution is -2.55. The van der Waals surface area contributed by atoms with Crippen LogP contribution in [0.3, 0.4) is 0 Å². The predicted molar refractivity (Wildman–Crippen MR) is 73.8 cm³/mol. The molecule has 19 heavy (non-hydrogen) atoms. The summed E-state index contributed by atoms with van der Waals surface area (Å²) in [5, 5.41) is 13.4. The van der Waals surface area contributed by atoms with E-state index in [1.807, 2.05) is 20.8 Å². The van der Waals surface area contributed by atoms with Gasteiger partial charge in [-0.1, -0.05) is 20.8 Å². The third-order valence-electron chi connectivity index (χ3n) is 5.71. The lowest BCUT2D eigenvalue weighted by molar-refractivity contribution is 0.0113. The molecule has 2 aliphatic rings. The van der Waals surface area contributed by atoms with Crippen LogP contribution in [0.4, 0.5) is 4.79 Å². The highest BCUT2D eigenvalue weighted by molar-refractivity contribution is 5.69. The van der Waals surface area contributed by atoms with Crippen molar-refractivity contribution in [3.63, 3.8) is 0 Å². The Hall–Kier alpha value is -0.770. The standard InChI is InChI=1S/C15H27NO3/c1-12(2,3)19-11(18)16-15-8-7-14(6,10(17)9-15)13(15,4)5/h10,17H,7-9H2,1-6H3,(H,16,18). The summed E-state index contributed by atoms with van der Waals surface area (Å²) in [4.78, 5) is 12.1. The van der Waals surface area contributed by atoms with E-state index in [0.29, 0.717) is 6.42 Å². The fourth-order valence-corrected chi connectivity index (χ4v) is 3.91. The van der Waals surface area contributed by atoms with E-state index in [4.69, 9.17) is 4.74 Å². The van der Waals surface area contributed by atoms with E-state index in [0.717, 1.165) is 12.8 Å². The summed E-state index contributed by atoms with van der Waals surface area (Å²) in [5.41, 5.74) is -1.09. The molecule has 0 heterocycles. The summed E-state index contributed by atoms with van der Waals surface area (Å²) in [7, 11) is 0. The zero-order valence-corrected chi connectivity index (χ0v) is 13.0. The summed E-state index contributed by atoms with van der Waals surface area (Å²) >= 11 is 0. The smallest absolute Gasteiger partial charge is 0.408 e. The van der Waals surface area contributed by atoms with Crippen molar-refractivity contribution in [1.82, 2.24) is 5.32 Å². The van der Waals surface area contributed by atoms with Crippen LogP contribution in [0.5, 0.6) is 0 Å². The average Bonchev–Trinajstić information content (AvgIpc) is 2.44. The minimum atomic E-state index is -0.496. The summed E-state index contributed by atoms with van der Waals surface area (Å²) < 4.78 is 5.37. The Morgan fingerprint density at radius 2 is 1.84 bits per heavy atom. The molecular formula is C15H27NO3. The Kier molecular flexibility index (Phi) is 2.98. The van der Waals surface area contributed by atoms with Gasteiger partial charge < -0.3 is 15.2 Å². The van der Waals surface area contributed by atoms with Crippen LogP contribution in [0.15, 0.2) is 0 Å². The Morgan fingerprint density at radius 1 is 1.26 bits per heavy atom. The van der Waals surface area contributed by atoms with Gasteiger partial charge in [-0.05, 0) is 45.4 Å². The quantitative estimate of drug-likeness (QED) is 0.769. The number of nitrogens with one attached hydrogen (secondary N) is 1. The first-order chi connectivity index (χ1) is 8.44. The molecule has 0 saturated heterocycles. The van der Waals surface area contributed by atoms with E-state index in [2.05, 4.69) is 26.1 Å². The van der Waals surface area contributed by atoms with E-state index in [9.17, 15) is 9.90 Å². The largest absolute Gasteiger partial charge is 0.444 e. The van der Waals surface area contributed by atoms with Gasteiger partial charge in [0.2, 0.25) is 0 Å². The fourth-order valence-electron chi connectivity index (χ4n) is 3.91. The van der Waals surface area contributed by atoms with Gasteiger partial charge >= 0.3 is 6.09 Å². The van der Waals surface area contributed by atoms with Crippen LogP contribution in [-0.4, -0.2) is 28.4 Å². The van der Waals surface area contributed by atoms with E-state index in [1.165, 1.54) is 0 Å². The van der Waals surface area contributed by atoms with E-state index < -0.39 is 5.60 Å². The third kappa shape index (κ3) is 1.95. The number of alkyl carbamates (subject to hydrolysis) is 1. The first-order valence-electron chi connectivity index (χ1n) is 7.13. The van der Waals surface area contributed by atoms with Crippen molar-refractivity contribution in [2.45, 2.75) is 78.0 Å². The van der Waals surface area contributed by atoms with Crippen molar-refractivity contribution in [2.75, 3.05) is 0 Å². The Morgan fingerprint density at radius 3 is 2.21 bits per heavy atom. The Balaban J connectivity index is 2.19. The van der Waals surface area contributed by atoms with Gasteiger partial charge in [-0.25, -0.2) is 4.79 Å². The summed E-state index contributed by atoms with van der Waals surface area (Å²) in [5.74, 6) is 0. The molecule has 4 nitrogen and oxygen atoms in total. The van der Waals surface area contributed by atoms with Gasteiger partial charge in [0, 0.05) is 5.41 Å². The molecule has 4 heteroatoms. The molecule has 0 aliphatic heterocycles. The number of rotatable bonds is 1. The van der Waals surface area contributed by atoms with Crippen molar-refractivity contribution < 1.29 is 14.6 Å². The van der Waals surface area contributed by atoms with Crippen molar-refractivity contribution in [3.8, 4) is 0 Å². The third-order valence-corrected chi connectivity index (χ3v) is 5.71. The molecule has 0 radical (unpaired) electrons. The predicted octanol–water partition coefficient (Wildman–Crippen LogP) is 2.84. The molecule has 0 spiro atoms. The molecule has 2 saturated carbocycles. The highest BCUT2D eigenvalue weighted by atomic mass is 16.6. The fraction of sp³-hybridized carbons (Fsp3) is 0.933. The Bertz CT molecular complexity index is 399. The SMILES string of the molecule is CC(C)(C)OC(=O)NC12CCC(C)(C(O)C1)C2(C)C. The molecule has 0 aromatic rings. The van der Waals surface area contributed by atoms with Crippen molar-refractivity contribution in [1.29, 1.82) is 0 Å². The molecule has 2 N–H and O–H groups in total. The van der Waals surface area contributed by atoms with Gasteiger partial charge in [-0.15, -0.1) is 0 Å². The zero-order valence-electron chi connectivity index (χ0n) is 13.0. The lowest BCUT2D eigenvalue weighted by atomic mass is 9.68. The van der Waals surface area contributed by atoms with E-state index >= 15 is 0 Å². The van der Waals surface area contributed by atoms with Gasteiger partial charge in [0.25, 0.3) is 0 Å². The molecule has 2 fully saturated rings. The zero-order chi connectivity index (χ0) is 14.7. The van der Waals surface area contributed by atoms with Gasteiger partial charge in [-0.2, -0.15) is 0 Å². The van der Waals surface area contributed by atoms with Crippen LogP contribution < -0.4 is 5.32 Å². The lowest BCUT2D eigenvalue weighted by Gasteiger charge is -2.41. The van der Waals surface area contributed by atoms with Crippen molar-refractivity contribution >= 4 is 6.09 Å². The molecule has 2 aliphatic carbocycles. The average molecular weight is 269 g/mol. The number of carbonyl (C=O) groups is 1. The van der Waals surface area contributed by atoms with E-state index in [1.54, 1.807) is 0 Å². The minimum absolute atomic E-state index is 0.123. The Labute approximate surface area is 115 Å². The van der Waals surface area contributed by atoms with Gasteiger partial charge in [0.05, 0.1) is 11.6 Å². The van der Waals surface area contributed by atoms with Crippen LogP contribution in [0, 0.1) is 10.8 Å². The summed E-state index contributed by atoms with van der Waals surface area (Å²) in [6, 6.07) is 0. The number of hydrogen-bond donors (Lipinski definition) is 2. The molecule has 0 aromatic carbocycles. The van der Waals surface area contributed by atoms with Crippen molar-refractivity contribution in [3.05, 3.63) is 0 Å². The second-order valence-corrected chi connectivity index (χ2v) is 7.97. The first kappa shape index (κ1) is 14.6. The number of fused-ring (bicyclic) bond motifs is 2. The number of aliphatic hydroxyl groups excluding tert-OH is 1. The molecular weight excluding hydrogens is 242 g/mol. The van der Waals surface area contributed by atoms with Crippen LogP contribution in [0.2, 0.25) is 0 Å². The number of carbonyl (C=O) groups excluding carboxylic acids is 1. The molecule has 0 aromatic heterocycles. The maximum atomic E-state index is 12.1. The van der Waals surface area contributed by atoms with Gasteiger partial charge in [0.1, 0.15) is 5.60 Å². The van der Waals surface area contributed by atoms with Gasteiger partial charge in [0.15, 0.2) is 0 Å². The van der Waals surface area contributed by atoms with E-state index in [-0.39, 0.29) is 28.6 Å². The second-order valence-electron chi connectivity index (χ2n) is 7.97. The van der Waals surface area contributed by atoms with Crippen molar-refractivity contribution in [2.24, 2.45) is 10.8 Å². The normalized spacial score (nSPS) is 40.3. The maximum Gasteiger partial charge on any atom is 0.408 e. The van der Waals surface area contributed by atoms with Crippen LogP contribution in [0.1, 0.15) is 60.8 Å². The number of ether oxygens (including phenoxy) is 1. The first-order valence-corrected chi connectivity index (χ1v) is 7.13. The molecule has 1 amide bonds. The molecule has 3 unspecified atom stereocenters. The van der Waals surface area contributed by atoms with Crippen LogP contribution >= 0.6 is 0 Å². The van der Waals surface area contributed by atoms with Crippen LogP contribution in [0.25, 0.3) is 0 Å². The number of aliphatic hydroxyl groups is 1. The van der Waals surface area contributed by atoms with Crippen LogP contribution in [-0.2, 0) is 4.74 Å². The highest BCUT2D eigenvalue weighted by Gasteiger charge is 2.70. The minimum Gasteiger partial charge on any atom is -0.444 e. The second kappa shape index (κ2) is 3.87. The number of hydrogen-bond acceptors (Lipinski definition) is 3. The van der Waals surface area contributed by atoms with Gasteiger partial charge in [-0.3, -0.25) is 0 Å². The topological polar surface area (TPSA) is 58.6 Å².